The third-order valence-corrected chi connectivity index (χ3v) is 6.26. The lowest BCUT2D eigenvalue weighted by atomic mass is 10.3. The Hall–Kier alpha value is -2.52. The van der Waals surface area contributed by atoms with Gasteiger partial charge >= 0.3 is 0 Å². The molecule has 0 amide bonds. The van der Waals surface area contributed by atoms with Gasteiger partial charge in [-0.15, -0.1) is 0 Å². The highest BCUT2D eigenvalue weighted by Gasteiger charge is 2.15. The van der Waals surface area contributed by atoms with Gasteiger partial charge in [0, 0.05) is 17.4 Å². The van der Waals surface area contributed by atoms with Crippen LogP contribution in [0.3, 0.4) is 0 Å². The molecule has 0 aliphatic carbocycles. The molecule has 0 saturated heterocycles. The third-order valence-electron chi connectivity index (χ3n) is 3.92. The Balaban J connectivity index is 1.66. The standard InChI is InChI=1S/C20H17Cl2N3O3S2/c1-28-16-4-2-3-14(11-16)24-20(29)23-13-5-8-17(9-6-13)30(26,27)25-15-7-10-18(21)19(22)12-15/h2-12,25H,1H3,(H2,23,24,29). The number of benzene rings is 3. The molecule has 10 heteroatoms. The molecule has 0 heterocycles. The van der Waals surface area contributed by atoms with Crippen LogP contribution in [-0.4, -0.2) is 20.6 Å². The van der Waals surface area contributed by atoms with Gasteiger partial charge in [-0.3, -0.25) is 4.72 Å². The van der Waals surface area contributed by atoms with Crippen LogP contribution in [0.5, 0.6) is 5.75 Å². The van der Waals surface area contributed by atoms with Gasteiger partial charge < -0.3 is 15.4 Å². The smallest absolute Gasteiger partial charge is 0.261 e. The Morgan fingerprint density at radius 3 is 2.20 bits per heavy atom. The number of sulfonamides is 1. The molecule has 0 radical (unpaired) electrons. The maximum atomic E-state index is 12.6. The molecule has 0 atom stereocenters. The molecule has 6 nitrogen and oxygen atoms in total. The SMILES string of the molecule is COc1cccc(NC(=S)Nc2ccc(S(=O)(=O)Nc3ccc(Cl)c(Cl)c3)cc2)c1. The molecule has 0 aliphatic heterocycles. The molecule has 0 bridgehead atoms. The monoisotopic (exact) mass is 481 g/mol. The van der Waals surface area contributed by atoms with Gasteiger partial charge in [-0.05, 0) is 66.8 Å². The summed E-state index contributed by atoms with van der Waals surface area (Å²) in [6, 6.07) is 18.0. The van der Waals surface area contributed by atoms with Crippen molar-refractivity contribution in [3.05, 3.63) is 76.8 Å². The summed E-state index contributed by atoms with van der Waals surface area (Å²) in [5, 5.41) is 6.99. The first kappa shape index (κ1) is 22.2. The van der Waals surface area contributed by atoms with Crippen molar-refractivity contribution in [3.63, 3.8) is 0 Å². The van der Waals surface area contributed by atoms with Crippen molar-refractivity contribution in [2.45, 2.75) is 4.90 Å². The van der Waals surface area contributed by atoms with Crippen LogP contribution < -0.4 is 20.1 Å². The quantitative estimate of drug-likeness (QED) is 0.397. The van der Waals surface area contributed by atoms with Crippen LogP contribution >= 0.6 is 35.4 Å². The molecule has 30 heavy (non-hydrogen) atoms. The second kappa shape index (κ2) is 9.53. The zero-order valence-electron chi connectivity index (χ0n) is 15.6. The topological polar surface area (TPSA) is 79.5 Å². The maximum absolute atomic E-state index is 12.6. The van der Waals surface area contributed by atoms with Gasteiger partial charge in [-0.1, -0.05) is 29.3 Å². The van der Waals surface area contributed by atoms with E-state index in [-0.39, 0.29) is 9.92 Å². The minimum Gasteiger partial charge on any atom is -0.497 e. The first-order valence-electron chi connectivity index (χ1n) is 8.57. The first-order chi connectivity index (χ1) is 14.3. The average molecular weight is 482 g/mol. The van der Waals surface area contributed by atoms with Crippen molar-refractivity contribution in [1.82, 2.24) is 0 Å². The molecule has 0 saturated carbocycles. The van der Waals surface area contributed by atoms with Crippen molar-refractivity contribution in [3.8, 4) is 5.75 Å². The van der Waals surface area contributed by atoms with Crippen molar-refractivity contribution in [1.29, 1.82) is 0 Å². The highest BCUT2D eigenvalue weighted by atomic mass is 35.5. The average Bonchev–Trinajstić information content (AvgIpc) is 2.71. The number of hydrogen-bond donors (Lipinski definition) is 3. The summed E-state index contributed by atoms with van der Waals surface area (Å²) >= 11 is 17.1. The van der Waals surface area contributed by atoms with E-state index in [4.69, 9.17) is 40.2 Å². The van der Waals surface area contributed by atoms with Gasteiger partial charge in [0.2, 0.25) is 0 Å². The van der Waals surface area contributed by atoms with E-state index in [1.54, 1.807) is 25.3 Å². The van der Waals surface area contributed by atoms with Gasteiger partial charge in [0.1, 0.15) is 5.75 Å². The molecule has 156 valence electrons. The Morgan fingerprint density at radius 2 is 1.53 bits per heavy atom. The number of rotatable bonds is 6. The van der Waals surface area contributed by atoms with E-state index in [1.807, 2.05) is 18.2 Å². The predicted octanol–water partition coefficient (Wildman–Crippen LogP) is 5.61. The molecule has 3 aromatic carbocycles. The maximum Gasteiger partial charge on any atom is 0.261 e. The molecular formula is C20H17Cl2N3O3S2. The fraction of sp³-hybridized carbons (Fsp3) is 0.0500. The van der Waals surface area contributed by atoms with Crippen LogP contribution in [0.1, 0.15) is 0 Å². The lowest BCUT2D eigenvalue weighted by molar-refractivity contribution is 0.415. The van der Waals surface area contributed by atoms with Crippen LogP contribution in [0.4, 0.5) is 17.1 Å². The summed E-state index contributed by atoms with van der Waals surface area (Å²) in [6.07, 6.45) is 0. The van der Waals surface area contributed by atoms with Crippen LogP contribution in [0.15, 0.2) is 71.6 Å². The first-order valence-corrected chi connectivity index (χ1v) is 11.2. The number of ether oxygens (including phenoxy) is 1. The summed E-state index contributed by atoms with van der Waals surface area (Å²) in [7, 11) is -2.20. The zero-order valence-corrected chi connectivity index (χ0v) is 18.8. The highest BCUT2D eigenvalue weighted by molar-refractivity contribution is 7.92. The minimum absolute atomic E-state index is 0.0887. The molecule has 0 aromatic heterocycles. The summed E-state index contributed by atoms with van der Waals surface area (Å²) in [4.78, 5) is 0.0887. The van der Waals surface area contributed by atoms with Crippen molar-refractivity contribution in [2.75, 3.05) is 22.5 Å². The van der Waals surface area contributed by atoms with Gasteiger partial charge in [-0.25, -0.2) is 8.42 Å². The summed E-state index contributed by atoms with van der Waals surface area (Å²) < 4.78 is 32.8. The van der Waals surface area contributed by atoms with E-state index in [2.05, 4.69) is 15.4 Å². The van der Waals surface area contributed by atoms with E-state index in [0.717, 1.165) is 5.69 Å². The fourth-order valence-electron chi connectivity index (χ4n) is 2.49. The van der Waals surface area contributed by atoms with Gasteiger partial charge in [0.05, 0.1) is 27.7 Å². The lowest BCUT2D eigenvalue weighted by Crippen LogP contribution is -2.19. The van der Waals surface area contributed by atoms with Crippen molar-refractivity contribution >= 4 is 67.6 Å². The van der Waals surface area contributed by atoms with E-state index in [9.17, 15) is 8.42 Å². The van der Waals surface area contributed by atoms with Crippen molar-refractivity contribution in [2.24, 2.45) is 0 Å². The molecule has 3 aromatic rings. The van der Waals surface area contributed by atoms with Gasteiger partial charge in [0.25, 0.3) is 10.0 Å². The van der Waals surface area contributed by atoms with Gasteiger partial charge in [-0.2, -0.15) is 0 Å². The fourth-order valence-corrected chi connectivity index (χ4v) is 4.07. The van der Waals surface area contributed by atoms with E-state index in [1.165, 1.54) is 30.3 Å². The Kier molecular flexibility index (Phi) is 7.04. The normalized spacial score (nSPS) is 10.9. The van der Waals surface area contributed by atoms with E-state index < -0.39 is 10.0 Å². The lowest BCUT2D eigenvalue weighted by Gasteiger charge is -2.12. The third kappa shape index (κ3) is 5.76. The minimum atomic E-state index is -3.79. The number of methoxy groups -OCH3 is 1. The molecule has 0 spiro atoms. The Labute approximate surface area is 190 Å². The molecule has 3 N–H and O–H groups in total. The summed E-state index contributed by atoms with van der Waals surface area (Å²) in [5.41, 5.74) is 1.70. The van der Waals surface area contributed by atoms with E-state index in [0.29, 0.717) is 27.3 Å². The molecule has 3 rings (SSSR count). The number of hydrogen-bond acceptors (Lipinski definition) is 4. The van der Waals surface area contributed by atoms with Crippen LogP contribution in [-0.2, 0) is 10.0 Å². The molecular weight excluding hydrogens is 465 g/mol. The second-order valence-electron chi connectivity index (χ2n) is 6.07. The van der Waals surface area contributed by atoms with Crippen LogP contribution in [0, 0.1) is 0 Å². The largest absolute Gasteiger partial charge is 0.497 e. The van der Waals surface area contributed by atoms with E-state index >= 15 is 0 Å². The van der Waals surface area contributed by atoms with Crippen LogP contribution in [0.2, 0.25) is 10.0 Å². The number of halogens is 2. The summed E-state index contributed by atoms with van der Waals surface area (Å²) in [5.74, 6) is 0.701. The van der Waals surface area contributed by atoms with Gasteiger partial charge in [0.15, 0.2) is 5.11 Å². The number of anilines is 3. The van der Waals surface area contributed by atoms with Crippen LogP contribution in [0.25, 0.3) is 0 Å². The number of thiocarbonyl (C=S) groups is 1. The molecule has 0 fully saturated rings. The van der Waals surface area contributed by atoms with Crippen molar-refractivity contribution < 1.29 is 13.2 Å². The molecule has 0 unspecified atom stereocenters. The summed E-state index contributed by atoms with van der Waals surface area (Å²) in [6.45, 7) is 0. The Bertz CT molecular complexity index is 1170. The Morgan fingerprint density at radius 1 is 0.867 bits per heavy atom. The molecule has 0 aliphatic rings. The second-order valence-corrected chi connectivity index (χ2v) is 8.97. The zero-order chi connectivity index (χ0) is 21.7. The number of nitrogens with one attached hydrogen (secondary N) is 3. The predicted molar refractivity (Wildman–Crippen MR) is 127 cm³/mol. The highest BCUT2D eigenvalue weighted by Crippen LogP contribution is 2.27.